The third kappa shape index (κ3) is 4.60. The summed E-state index contributed by atoms with van der Waals surface area (Å²) in [6.07, 6.45) is 2.73. The molecule has 2 rings (SSSR count). The van der Waals surface area contributed by atoms with E-state index in [9.17, 15) is 0 Å². The van der Waals surface area contributed by atoms with E-state index in [0.717, 1.165) is 19.0 Å². The fourth-order valence-corrected chi connectivity index (χ4v) is 3.08. The minimum absolute atomic E-state index is 0.628. The second-order valence-corrected chi connectivity index (χ2v) is 6.45. The molecule has 1 atom stereocenters. The van der Waals surface area contributed by atoms with E-state index < -0.39 is 0 Å². The number of hydrogen-bond acceptors (Lipinski definition) is 2. The largest absolute Gasteiger partial charge is 0.317 e. The first-order valence-corrected chi connectivity index (χ1v) is 8.21. The standard InChI is InChI=1S/C18H30N2/c1-4-19-12-17-6-5-11-20(14-17)13-16-7-9-18(10-8-16)15(2)3/h7-10,15,17,19H,4-6,11-14H2,1-3H3. The van der Waals surface area contributed by atoms with Crippen LogP contribution < -0.4 is 5.32 Å². The highest BCUT2D eigenvalue weighted by atomic mass is 15.1. The molecule has 0 amide bonds. The molecule has 1 aliphatic rings. The summed E-state index contributed by atoms with van der Waals surface area (Å²) in [5.74, 6) is 1.46. The number of nitrogens with one attached hydrogen (secondary N) is 1. The third-order valence-electron chi connectivity index (χ3n) is 4.34. The van der Waals surface area contributed by atoms with Gasteiger partial charge in [0.25, 0.3) is 0 Å². The number of likely N-dealkylation sites (tertiary alicyclic amines) is 1. The fourth-order valence-electron chi connectivity index (χ4n) is 3.08. The molecule has 1 aromatic rings. The molecule has 1 N–H and O–H groups in total. The van der Waals surface area contributed by atoms with E-state index in [0.29, 0.717) is 5.92 Å². The van der Waals surface area contributed by atoms with Crippen molar-refractivity contribution in [1.82, 2.24) is 10.2 Å². The molecule has 20 heavy (non-hydrogen) atoms. The molecule has 0 spiro atoms. The second-order valence-electron chi connectivity index (χ2n) is 6.45. The monoisotopic (exact) mass is 274 g/mol. The van der Waals surface area contributed by atoms with Gasteiger partial charge in [0, 0.05) is 13.1 Å². The highest BCUT2D eigenvalue weighted by Gasteiger charge is 2.19. The molecular weight excluding hydrogens is 244 g/mol. The van der Waals surface area contributed by atoms with Gasteiger partial charge in [-0.25, -0.2) is 0 Å². The Morgan fingerprint density at radius 1 is 1.25 bits per heavy atom. The summed E-state index contributed by atoms with van der Waals surface area (Å²) in [6.45, 7) is 12.6. The van der Waals surface area contributed by atoms with Crippen LogP contribution in [0.5, 0.6) is 0 Å². The van der Waals surface area contributed by atoms with Gasteiger partial charge in [-0.3, -0.25) is 4.90 Å². The smallest absolute Gasteiger partial charge is 0.0233 e. The highest BCUT2D eigenvalue weighted by Crippen LogP contribution is 2.19. The van der Waals surface area contributed by atoms with E-state index in [1.165, 1.54) is 43.6 Å². The summed E-state index contributed by atoms with van der Waals surface area (Å²) in [5.41, 5.74) is 2.90. The lowest BCUT2D eigenvalue weighted by Gasteiger charge is -2.33. The van der Waals surface area contributed by atoms with Crippen LogP contribution in [0.25, 0.3) is 0 Å². The molecule has 1 fully saturated rings. The highest BCUT2D eigenvalue weighted by molar-refractivity contribution is 5.24. The Labute approximate surface area is 124 Å². The van der Waals surface area contributed by atoms with Crippen LogP contribution in [-0.2, 0) is 6.54 Å². The molecule has 0 bridgehead atoms. The van der Waals surface area contributed by atoms with Gasteiger partial charge in [0.1, 0.15) is 0 Å². The van der Waals surface area contributed by atoms with E-state index in [1.807, 2.05) is 0 Å². The fraction of sp³-hybridized carbons (Fsp3) is 0.667. The van der Waals surface area contributed by atoms with Crippen LogP contribution in [0.3, 0.4) is 0 Å². The van der Waals surface area contributed by atoms with Crippen molar-refractivity contribution >= 4 is 0 Å². The van der Waals surface area contributed by atoms with Crippen molar-refractivity contribution in [1.29, 1.82) is 0 Å². The van der Waals surface area contributed by atoms with Gasteiger partial charge in [-0.1, -0.05) is 45.0 Å². The van der Waals surface area contributed by atoms with Gasteiger partial charge >= 0.3 is 0 Å². The molecule has 2 nitrogen and oxygen atoms in total. The topological polar surface area (TPSA) is 15.3 Å². The molecule has 0 radical (unpaired) electrons. The quantitative estimate of drug-likeness (QED) is 0.852. The number of piperidine rings is 1. The number of benzene rings is 1. The van der Waals surface area contributed by atoms with Crippen LogP contribution in [0, 0.1) is 5.92 Å². The first-order chi connectivity index (χ1) is 9.69. The molecule has 1 unspecified atom stereocenters. The van der Waals surface area contributed by atoms with Gasteiger partial charge < -0.3 is 5.32 Å². The van der Waals surface area contributed by atoms with E-state index in [2.05, 4.69) is 55.3 Å². The van der Waals surface area contributed by atoms with Crippen molar-refractivity contribution in [3.8, 4) is 0 Å². The lowest BCUT2D eigenvalue weighted by atomic mass is 9.97. The maximum atomic E-state index is 3.50. The zero-order valence-electron chi connectivity index (χ0n) is 13.4. The first kappa shape index (κ1) is 15.5. The molecular formula is C18H30N2. The molecule has 1 saturated heterocycles. The van der Waals surface area contributed by atoms with Crippen LogP contribution in [-0.4, -0.2) is 31.1 Å². The Balaban J connectivity index is 1.85. The number of nitrogens with zero attached hydrogens (tertiary/aromatic N) is 1. The van der Waals surface area contributed by atoms with Crippen LogP contribution in [0.15, 0.2) is 24.3 Å². The number of hydrogen-bond donors (Lipinski definition) is 1. The molecule has 112 valence electrons. The predicted molar refractivity (Wildman–Crippen MR) is 87.1 cm³/mol. The second kappa shape index (κ2) is 7.80. The van der Waals surface area contributed by atoms with Crippen molar-refractivity contribution in [3.63, 3.8) is 0 Å². The molecule has 0 aliphatic carbocycles. The summed E-state index contributed by atoms with van der Waals surface area (Å²) in [6, 6.07) is 9.20. The van der Waals surface area contributed by atoms with Crippen molar-refractivity contribution in [3.05, 3.63) is 35.4 Å². The van der Waals surface area contributed by atoms with Gasteiger partial charge in [-0.2, -0.15) is 0 Å². The summed E-state index contributed by atoms with van der Waals surface area (Å²) in [5, 5.41) is 3.50. The average Bonchev–Trinajstić information content (AvgIpc) is 2.46. The van der Waals surface area contributed by atoms with Crippen LogP contribution in [0.1, 0.15) is 50.7 Å². The first-order valence-electron chi connectivity index (χ1n) is 8.21. The summed E-state index contributed by atoms with van der Waals surface area (Å²) in [4.78, 5) is 2.62. The zero-order valence-corrected chi connectivity index (χ0v) is 13.4. The molecule has 1 aromatic carbocycles. The Morgan fingerprint density at radius 2 is 2.00 bits per heavy atom. The van der Waals surface area contributed by atoms with Crippen LogP contribution in [0.2, 0.25) is 0 Å². The predicted octanol–water partition coefficient (Wildman–Crippen LogP) is 3.63. The van der Waals surface area contributed by atoms with Gasteiger partial charge in [0.2, 0.25) is 0 Å². The Bertz CT molecular complexity index is 383. The molecule has 0 saturated carbocycles. The zero-order chi connectivity index (χ0) is 14.4. The van der Waals surface area contributed by atoms with E-state index >= 15 is 0 Å². The third-order valence-corrected chi connectivity index (χ3v) is 4.34. The lowest BCUT2D eigenvalue weighted by molar-refractivity contribution is 0.166. The van der Waals surface area contributed by atoms with Crippen LogP contribution >= 0.6 is 0 Å². The van der Waals surface area contributed by atoms with Crippen molar-refractivity contribution in [2.45, 2.75) is 46.1 Å². The van der Waals surface area contributed by atoms with Gasteiger partial charge in [-0.05, 0) is 55.4 Å². The molecule has 1 aliphatic heterocycles. The van der Waals surface area contributed by atoms with E-state index in [1.54, 1.807) is 0 Å². The minimum Gasteiger partial charge on any atom is -0.317 e. The van der Waals surface area contributed by atoms with Gasteiger partial charge in [-0.15, -0.1) is 0 Å². The molecule has 0 aromatic heterocycles. The van der Waals surface area contributed by atoms with Crippen molar-refractivity contribution in [2.24, 2.45) is 5.92 Å². The van der Waals surface area contributed by atoms with E-state index in [4.69, 9.17) is 0 Å². The lowest BCUT2D eigenvalue weighted by Crippen LogP contribution is -2.39. The van der Waals surface area contributed by atoms with Gasteiger partial charge in [0.05, 0.1) is 0 Å². The molecule has 2 heteroatoms. The van der Waals surface area contributed by atoms with Gasteiger partial charge in [0.15, 0.2) is 0 Å². The molecule has 1 heterocycles. The van der Waals surface area contributed by atoms with Crippen molar-refractivity contribution in [2.75, 3.05) is 26.2 Å². The minimum atomic E-state index is 0.628. The maximum Gasteiger partial charge on any atom is 0.0233 e. The SMILES string of the molecule is CCNCC1CCCN(Cc2ccc(C(C)C)cc2)C1. The Morgan fingerprint density at radius 3 is 2.65 bits per heavy atom. The normalized spacial score (nSPS) is 20.5. The summed E-state index contributed by atoms with van der Waals surface area (Å²) in [7, 11) is 0. The Kier molecular flexibility index (Phi) is 6.06. The number of rotatable bonds is 6. The summed E-state index contributed by atoms with van der Waals surface area (Å²) >= 11 is 0. The van der Waals surface area contributed by atoms with E-state index in [-0.39, 0.29) is 0 Å². The van der Waals surface area contributed by atoms with Crippen LogP contribution in [0.4, 0.5) is 0 Å². The Hall–Kier alpha value is -0.860. The summed E-state index contributed by atoms with van der Waals surface area (Å²) < 4.78 is 0. The average molecular weight is 274 g/mol. The maximum absolute atomic E-state index is 3.50. The van der Waals surface area contributed by atoms with Crippen molar-refractivity contribution < 1.29 is 0 Å².